The Bertz CT molecular complexity index is 376. The molecule has 3 heteroatoms. The Labute approximate surface area is 90.1 Å². The lowest BCUT2D eigenvalue weighted by molar-refractivity contribution is 0.247. The number of benzene rings is 1. The summed E-state index contributed by atoms with van der Waals surface area (Å²) in [4.78, 5) is 13.6. The lowest BCUT2D eigenvalue weighted by Crippen LogP contribution is -2.39. The summed E-state index contributed by atoms with van der Waals surface area (Å²) >= 11 is 0. The number of hydrogen-bond acceptors (Lipinski definition) is 1. The third-order valence-corrected chi connectivity index (χ3v) is 2.79. The number of carbonyl (C=O) groups excluding carboxylic acids is 1. The Morgan fingerprint density at radius 1 is 1.53 bits per heavy atom. The molecule has 1 unspecified atom stereocenters. The largest absolute Gasteiger partial charge is 0.338 e. The molecule has 15 heavy (non-hydrogen) atoms. The van der Waals surface area contributed by atoms with E-state index in [-0.39, 0.29) is 6.03 Å². The molecule has 1 N–H and O–H groups in total. The second-order valence-corrected chi connectivity index (χ2v) is 3.91. The molecule has 1 aromatic rings. The maximum absolute atomic E-state index is 11.8. The van der Waals surface area contributed by atoms with E-state index in [0.717, 1.165) is 12.2 Å². The minimum Gasteiger partial charge on any atom is -0.338 e. The van der Waals surface area contributed by atoms with Gasteiger partial charge in [-0.1, -0.05) is 25.1 Å². The predicted octanol–water partition coefficient (Wildman–Crippen LogP) is 2.34. The third-order valence-electron chi connectivity index (χ3n) is 2.79. The van der Waals surface area contributed by atoms with Gasteiger partial charge >= 0.3 is 6.03 Å². The van der Waals surface area contributed by atoms with Crippen LogP contribution in [0.4, 0.5) is 10.5 Å². The quantitative estimate of drug-likeness (QED) is 0.748. The van der Waals surface area contributed by atoms with Gasteiger partial charge in [0.2, 0.25) is 0 Å². The first kappa shape index (κ1) is 10.0. The van der Waals surface area contributed by atoms with E-state index in [9.17, 15) is 4.79 Å². The average molecular weight is 204 g/mol. The summed E-state index contributed by atoms with van der Waals surface area (Å²) in [5, 5.41) is 2.84. The van der Waals surface area contributed by atoms with Crippen LogP contribution >= 0.6 is 0 Å². The zero-order valence-corrected chi connectivity index (χ0v) is 9.16. The van der Waals surface area contributed by atoms with Crippen molar-refractivity contribution >= 4 is 11.7 Å². The zero-order chi connectivity index (χ0) is 10.8. The molecule has 3 nitrogen and oxygen atoms in total. The number of nitrogens with zero attached hydrogens (tertiary/aromatic N) is 1. The van der Waals surface area contributed by atoms with Crippen LogP contribution in [0.5, 0.6) is 0 Å². The lowest BCUT2D eigenvalue weighted by atomic mass is 10.0. The Balaban J connectivity index is 2.28. The van der Waals surface area contributed by atoms with Crippen molar-refractivity contribution in [1.82, 2.24) is 5.32 Å². The zero-order valence-electron chi connectivity index (χ0n) is 9.16. The average Bonchev–Trinajstić information content (AvgIpc) is 2.58. The van der Waals surface area contributed by atoms with Crippen LogP contribution in [0, 0.1) is 0 Å². The highest BCUT2D eigenvalue weighted by atomic mass is 16.2. The molecule has 1 aliphatic rings. The van der Waals surface area contributed by atoms with Gasteiger partial charge in [0.25, 0.3) is 0 Å². The lowest BCUT2D eigenvalue weighted by Gasteiger charge is -2.17. The Kier molecular flexibility index (Phi) is 2.62. The van der Waals surface area contributed by atoms with E-state index < -0.39 is 0 Å². The first-order chi connectivity index (χ1) is 7.24. The van der Waals surface area contributed by atoms with Gasteiger partial charge in [-0.25, -0.2) is 4.79 Å². The summed E-state index contributed by atoms with van der Waals surface area (Å²) in [5.41, 5.74) is 2.32. The standard InChI is InChI=1S/C12H16N2O/c1-3-13-12(15)14-8-9(2)10-6-4-5-7-11(10)14/h4-7,9H,3,8H2,1-2H3,(H,13,15). The Morgan fingerprint density at radius 3 is 3.00 bits per heavy atom. The molecule has 2 amide bonds. The molecule has 0 aromatic heterocycles. The van der Waals surface area contributed by atoms with Crippen LogP contribution in [0.2, 0.25) is 0 Å². The summed E-state index contributed by atoms with van der Waals surface area (Å²) < 4.78 is 0. The molecule has 0 aliphatic carbocycles. The van der Waals surface area contributed by atoms with Crippen molar-refractivity contribution in [2.45, 2.75) is 19.8 Å². The van der Waals surface area contributed by atoms with Crippen molar-refractivity contribution in [3.05, 3.63) is 29.8 Å². The van der Waals surface area contributed by atoms with Crippen LogP contribution in [-0.2, 0) is 0 Å². The van der Waals surface area contributed by atoms with Gasteiger partial charge in [-0.3, -0.25) is 4.90 Å². The molecule has 80 valence electrons. The summed E-state index contributed by atoms with van der Waals surface area (Å²) in [6.45, 7) is 5.54. The number of anilines is 1. The molecule has 1 atom stereocenters. The summed E-state index contributed by atoms with van der Waals surface area (Å²) in [5.74, 6) is 0.434. The molecule has 2 rings (SSSR count). The Hall–Kier alpha value is -1.51. The SMILES string of the molecule is CCNC(=O)N1CC(C)c2ccccc21. The number of carbonyl (C=O) groups is 1. The van der Waals surface area contributed by atoms with Gasteiger partial charge in [0.05, 0.1) is 0 Å². The van der Waals surface area contributed by atoms with Crippen LogP contribution < -0.4 is 10.2 Å². The summed E-state index contributed by atoms with van der Waals surface area (Å²) in [6.07, 6.45) is 0. The van der Waals surface area contributed by atoms with E-state index in [1.807, 2.05) is 30.0 Å². The van der Waals surface area contributed by atoms with Gasteiger partial charge in [-0.05, 0) is 18.6 Å². The maximum Gasteiger partial charge on any atom is 0.321 e. The monoisotopic (exact) mass is 204 g/mol. The van der Waals surface area contributed by atoms with Crippen molar-refractivity contribution in [3.63, 3.8) is 0 Å². The van der Waals surface area contributed by atoms with Crippen LogP contribution in [0.3, 0.4) is 0 Å². The third kappa shape index (κ3) is 1.69. The first-order valence-corrected chi connectivity index (χ1v) is 5.38. The van der Waals surface area contributed by atoms with Crippen LogP contribution in [0.25, 0.3) is 0 Å². The van der Waals surface area contributed by atoms with E-state index in [0.29, 0.717) is 12.5 Å². The number of fused-ring (bicyclic) bond motifs is 1. The number of rotatable bonds is 1. The van der Waals surface area contributed by atoms with Crippen molar-refractivity contribution in [3.8, 4) is 0 Å². The number of urea groups is 1. The normalized spacial score (nSPS) is 18.8. The van der Waals surface area contributed by atoms with Gasteiger partial charge in [0.1, 0.15) is 0 Å². The van der Waals surface area contributed by atoms with Crippen LogP contribution in [0.1, 0.15) is 25.3 Å². The molecule has 1 heterocycles. The fourth-order valence-corrected chi connectivity index (χ4v) is 2.06. The molecule has 0 spiro atoms. The Morgan fingerprint density at radius 2 is 2.27 bits per heavy atom. The molecular formula is C12H16N2O. The molecule has 0 bridgehead atoms. The van der Waals surface area contributed by atoms with Gasteiger partial charge in [0.15, 0.2) is 0 Å². The molecular weight excluding hydrogens is 188 g/mol. The number of nitrogens with one attached hydrogen (secondary N) is 1. The molecule has 0 saturated heterocycles. The van der Waals surface area contributed by atoms with E-state index in [1.54, 1.807) is 0 Å². The van der Waals surface area contributed by atoms with Gasteiger partial charge in [-0.15, -0.1) is 0 Å². The minimum atomic E-state index is 0.00861. The minimum absolute atomic E-state index is 0.00861. The first-order valence-electron chi connectivity index (χ1n) is 5.38. The van der Waals surface area contributed by atoms with Gasteiger partial charge < -0.3 is 5.32 Å². The predicted molar refractivity (Wildman–Crippen MR) is 61.3 cm³/mol. The second-order valence-electron chi connectivity index (χ2n) is 3.91. The number of hydrogen-bond donors (Lipinski definition) is 1. The highest BCUT2D eigenvalue weighted by molar-refractivity contribution is 5.94. The highest BCUT2D eigenvalue weighted by Gasteiger charge is 2.28. The van der Waals surface area contributed by atoms with Crippen molar-refractivity contribution < 1.29 is 4.79 Å². The second kappa shape index (κ2) is 3.93. The van der Waals surface area contributed by atoms with Crippen LogP contribution in [-0.4, -0.2) is 19.1 Å². The maximum atomic E-state index is 11.8. The summed E-state index contributed by atoms with van der Waals surface area (Å²) in [7, 11) is 0. The molecule has 1 aliphatic heterocycles. The molecule has 0 fully saturated rings. The van der Waals surface area contributed by atoms with Gasteiger partial charge in [0, 0.05) is 24.7 Å². The van der Waals surface area contributed by atoms with Crippen LogP contribution in [0.15, 0.2) is 24.3 Å². The molecule has 0 radical (unpaired) electrons. The molecule has 0 saturated carbocycles. The van der Waals surface area contributed by atoms with Crippen molar-refractivity contribution in [2.75, 3.05) is 18.0 Å². The molecule has 1 aromatic carbocycles. The van der Waals surface area contributed by atoms with Crippen molar-refractivity contribution in [1.29, 1.82) is 0 Å². The van der Waals surface area contributed by atoms with E-state index in [4.69, 9.17) is 0 Å². The fourth-order valence-electron chi connectivity index (χ4n) is 2.06. The highest BCUT2D eigenvalue weighted by Crippen LogP contribution is 2.35. The number of para-hydroxylation sites is 1. The number of amides is 2. The van der Waals surface area contributed by atoms with Gasteiger partial charge in [-0.2, -0.15) is 0 Å². The fraction of sp³-hybridized carbons (Fsp3) is 0.417. The van der Waals surface area contributed by atoms with E-state index in [2.05, 4.69) is 18.3 Å². The van der Waals surface area contributed by atoms with Crippen molar-refractivity contribution in [2.24, 2.45) is 0 Å². The smallest absolute Gasteiger partial charge is 0.321 e. The van der Waals surface area contributed by atoms with E-state index in [1.165, 1.54) is 5.56 Å². The summed E-state index contributed by atoms with van der Waals surface area (Å²) in [6, 6.07) is 8.11. The van der Waals surface area contributed by atoms with E-state index >= 15 is 0 Å². The topological polar surface area (TPSA) is 32.3 Å².